The second-order valence-electron chi connectivity index (χ2n) is 3.76. The van der Waals surface area contributed by atoms with E-state index in [-0.39, 0.29) is 0 Å². The molecule has 0 aliphatic carbocycles. The lowest BCUT2D eigenvalue weighted by Crippen LogP contribution is -2.06. The lowest BCUT2D eigenvalue weighted by atomic mass is 10.2. The zero-order chi connectivity index (χ0) is 11.7. The van der Waals surface area contributed by atoms with Crippen LogP contribution in [0.2, 0.25) is 0 Å². The van der Waals surface area contributed by atoms with Gasteiger partial charge in [-0.25, -0.2) is 4.98 Å². The molecule has 0 aliphatic rings. The standard InChI is InChI=1S/C12H15N3S/c1-4-15-8(2)13-10-6-5-7-11(12(10)15)14-9(3)16/h5-7H,4H2,1-3H3,(H,14,16). The fourth-order valence-electron chi connectivity index (χ4n) is 1.98. The molecular weight excluding hydrogens is 218 g/mol. The molecular formula is C12H15N3S. The topological polar surface area (TPSA) is 29.9 Å². The smallest absolute Gasteiger partial charge is 0.106 e. The lowest BCUT2D eigenvalue weighted by Gasteiger charge is -2.09. The predicted molar refractivity (Wildman–Crippen MR) is 72.0 cm³/mol. The summed E-state index contributed by atoms with van der Waals surface area (Å²) in [7, 11) is 0. The minimum absolute atomic E-state index is 0.772. The van der Waals surface area contributed by atoms with Gasteiger partial charge in [-0.15, -0.1) is 0 Å². The number of fused-ring (bicyclic) bond motifs is 1. The summed E-state index contributed by atoms with van der Waals surface area (Å²) in [5.74, 6) is 1.04. The number of hydrogen-bond donors (Lipinski definition) is 1. The highest BCUT2D eigenvalue weighted by Gasteiger charge is 2.09. The van der Waals surface area contributed by atoms with Crippen molar-refractivity contribution in [2.75, 3.05) is 5.32 Å². The molecule has 84 valence electrons. The number of hydrogen-bond acceptors (Lipinski definition) is 2. The molecule has 1 heterocycles. The lowest BCUT2D eigenvalue weighted by molar-refractivity contribution is 0.754. The number of nitrogens with zero attached hydrogens (tertiary/aromatic N) is 2. The van der Waals surface area contributed by atoms with E-state index in [1.165, 1.54) is 0 Å². The summed E-state index contributed by atoms with van der Waals surface area (Å²) in [6.07, 6.45) is 0. The van der Waals surface area contributed by atoms with E-state index in [1.807, 2.05) is 32.0 Å². The Morgan fingerprint density at radius 1 is 1.50 bits per heavy atom. The molecule has 2 rings (SSSR count). The quantitative estimate of drug-likeness (QED) is 0.808. The summed E-state index contributed by atoms with van der Waals surface area (Å²) >= 11 is 5.09. The molecule has 1 aromatic heterocycles. The van der Waals surface area contributed by atoms with Crippen LogP contribution in [0.15, 0.2) is 18.2 Å². The van der Waals surface area contributed by atoms with Crippen molar-refractivity contribution in [3.05, 3.63) is 24.0 Å². The molecule has 0 fully saturated rings. The molecule has 1 N–H and O–H groups in total. The second kappa shape index (κ2) is 4.22. The summed E-state index contributed by atoms with van der Waals surface area (Å²) in [6, 6.07) is 6.05. The number of aryl methyl sites for hydroxylation is 2. The highest BCUT2D eigenvalue weighted by molar-refractivity contribution is 7.80. The van der Waals surface area contributed by atoms with Crippen LogP contribution in [0.4, 0.5) is 5.69 Å². The van der Waals surface area contributed by atoms with Gasteiger partial charge in [0.25, 0.3) is 0 Å². The number of benzene rings is 1. The van der Waals surface area contributed by atoms with Gasteiger partial charge in [-0.2, -0.15) is 0 Å². The Kier molecular flexibility index (Phi) is 2.92. The van der Waals surface area contributed by atoms with Gasteiger partial charge in [-0.05, 0) is 32.9 Å². The summed E-state index contributed by atoms with van der Waals surface area (Å²) in [5.41, 5.74) is 3.18. The summed E-state index contributed by atoms with van der Waals surface area (Å²) in [5, 5.41) is 3.21. The molecule has 3 nitrogen and oxygen atoms in total. The Morgan fingerprint density at radius 3 is 2.88 bits per heavy atom. The van der Waals surface area contributed by atoms with Crippen LogP contribution in [0.5, 0.6) is 0 Å². The van der Waals surface area contributed by atoms with Crippen molar-refractivity contribution in [1.29, 1.82) is 0 Å². The maximum atomic E-state index is 5.09. The van der Waals surface area contributed by atoms with E-state index in [2.05, 4.69) is 21.8 Å². The highest BCUT2D eigenvalue weighted by atomic mass is 32.1. The zero-order valence-electron chi connectivity index (χ0n) is 9.74. The van der Waals surface area contributed by atoms with Crippen LogP contribution < -0.4 is 5.32 Å². The Labute approximate surface area is 100 Å². The Balaban J connectivity index is 2.68. The van der Waals surface area contributed by atoms with Crippen molar-refractivity contribution in [2.45, 2.75) is 27.3 Å². The van der Waals surface area contributed by atoms with E-state index in [4.69, 9.17) is 12.2 Å². The van der Waals surface area contributed by atoms with Gasteiger partial charge in [0.1, 0.15) is 5.82 Å². The highest BCUT2D eigenvalue weighted by Crippen LogP contribution is 2.24. The number of imidazole rings is 1. The minimum Gasteiger partial charge on any atom is -0.348 e. The number of thiocarbonyl (C=S) groups is 1. The first-order chi connectivity index (χ1) is 7.63. The van der Waals surface area contributed by atoms with Gasteiger partial charge in [0.05, 0.1) is 21.7 Å². The van der Waals surface area contributed by atoms with Gasteiger partial charge in [0, 0.05) is 6.54 Å². The summed E-state index contributed by atoms with van der Waals surface area (Å²) < 4.78 is 2.19. The molecule has 0 spiro atoms. The van der Waals surface area contributed by atoms with E-state index in [0.29, 0.717) is 0 Å². The molecule has 1 aromatic carbocycles. The van der Waals surface area contributed by atoms with Crippen molar-refractivity contribution in [3.8, 4) is 0 Å². The molecule has 0 radical (unpaired) electrons. The number of anilines is 1. The van der Waals surface area contributed by atoms with Gasteiger partial charge < -0.3 is 9.88 Å². The van der Waals surface area contributed by atoms with E-state index in [0.717, 1.165) is 34.1 Å². The van der Waals surface area contributed by atoms with Gasteiger partial charge in [-0.3, -0.25) is 0 Å². The van der Waals surface area contributed by atoms with Crippen molar-refractivity contribution in [3.63, 3.8) is 0 Å². The maximum Gasteiger partial charge on any atom is 0.106 e. The van der Waals surface area contributed by atoms with E-state index in [9.17, 15) is 0 Å². The number of para-hydroxylation sites is 1. The average molecular weight is 233 g/mol. The minimum atomic E-state index is 0.772. The molecule has 0 saturated heterocycles. The molecule has 0 atom stereocenters. The molecule has 16 heavy (non-hydrogen) atoms. The van der Waals surface area contributed by atoms with Crippen molar-refractivity contribution in [2.24, 2.45) is 0 Å². The summed E-state index contributed by atoms with van der Waals surface area (Å²) in [6.45, 7) is 6.94. The Bertz CT molecular complexity index is 542. The largest absolute Gasteiger partial charge is 0.348 e. The van der Waals surface area contributed by atoms with E-state index < -0.39 is 0 Å². The van der Waals surface area contributed by atoms with Gasteiger partial charge in [-0.1, -0.05) is 18.3 Å². The average Bonchev–Trinajstić information content (AvgIpc) is 2.53. The third kappa shape index (κ3) is 1.80. The van der Waals surface area contributed by atoms with Crippen LogP contribution in [0.1, 0.15) is 19.7 Å². The molecule has 0 unspecified atom stereocenters. The van der Waals surface area contributed by atoms with Crippen LogP contribution >= 0.6 is 12.2 Å². The number of rotatable bonds is 2. The molecule has 0 bridgehead atoms. The van der Waals surface area contributed by atoms with Crippen molar-refractivity contribution < 1.29 is 0 Å². The molecule has 0 amide bonds. The van der Waals surface area contributed by atoms with Gasteiger partial charge in [0.2, 0.25) is 0 Å². The SMILES string of the molecule is CCn1c(C)nc2cccc(NC(C)=S)c21. The third-order valence-electron chi connectivity index (χ3n) is 2.58. The van der Waals surface area contributed by atoms with Crippen LogP contribution in [0.3, 0.4) is 0 Å². The molecule has 0 aliphatic heterocycles. The van der Waals surface area contributed by atoms with E-state index in [1.54, 1.807) is 0 Å². The van der Waals surface area contributed by atoms with Gasteiger partial charge in [0.15, 0.2) is 0 Å². The third-order valence-corrected chi connectivity index (χ3v) is 2.69. The fourth-order valence-corrected chi connectivity index (χ4v) is 2.09. The second-order valence-corrected chi connectivity index (χ2v) is 4.37. The molecule has 2 aromatic rings. The molecule has 4 heteroatoms. The summed E-state index contributed by atoms with van der Waals surface area (Å²) in [4.78, 5) is 5.30. The first-order valence-electron chi connectivity index (χ1n) is 5.37. The van der Waals surface area contributed by atoms with Gasteiger partial charge >= 0.3 is 0 Å². The van der Waals surface area contributed by atoms with Crippen molar-refractivity contribution >= 4 is 33.9 Å². The maximum absolute atomic E-state index is 5.09. The monoisotopic (exact) mass is 233 g/mol. The number of aromatic nitrogens is 2. The zero-order valence-corrected chi connectivity index (χ0v) is 10.6. The molecule has 0 saturated carbocycles. The van der Waals surface area contributed by atoms with Crippen LogP contribution in [0, 0.1) is 6.92 Å². The van der Waals surface area contributed by atoms with Crippen LogP contribution in [0.25, 0.3) is 11.0 Å². The first kappa shape index (κ1) is 11.1. The Hall–Kier alpha value is -1.42. The number of nitrogens with one attached hydrogen (secondary N) is 1. The normalized spacial score (nSPS) is 10.7. The fraction of sp³-hybridized carbons (Fsp3) is 0.333. The van der Waals surface area contributed by atoms with Crippen LogP contribution in [-0.2, 0) is 6.54 Å². The van der Waals surface area contributed by atoms with E-state index >= 15 is 0 Å². The van der Waals surface area contributed by atoms with Crippen LogP contribution in [-0.4, -0.2) is 14.5 Å². The first-order valence-corrected chi connectivity index (χ1v) is 5.77. The predicted octanol–water partition coefficient (Wildman–Crippen LogP) is 3.12. The van der Waals surface area contributed by atoms with Crippen molar-refractivity contribution in [1.82, 2.24) is 9.55 Å². The Morgan fingerprint density at radius 2 is 2.25 bits per heavy atom.